The Hall–Kier alpha value is -10.7. The summed E-state index contributed by atoms with van der Waals surface area (Å²) in [6.07, 6.45) is 9.20. The molecule has 10 heteroatoms. The number of hydrogen-bond acceptors (Lipinski definition) is 7. The van der Waals surface area contributed by atoms with E-state index in [0.29, 0.717) is 5.69 Å². The molecule has 0 atom stereocenters. The number of hydrogen-bond donors (Lipinski definition) is 3. The number of H-pyrrole nitrogens is 3. The number of fused-ring (bicyclic) bond motifs is 9. The molecule has 6 aromatic carbocycles. The van der Waals surface area contributed by atoms with Crippen molar-refractivity contribution in [2.45, 2.75) is 0 Å². The van der Waals surface area contributed by atoms with E-state index in [4.69, 9.17) is 34.9 Å². The molecule has 0 fully saturated rings. The second-order valence-corrected chi connectivity index (χ2v) is 18.7. The molecule has 0 aliphatic carbocycles. The minimum atomic E-state index is 0.706. The third-order valence-corrected chi connectivity index (χ3v) is 14.2. The van der Waals surface area contributed by atoms with Crippen molar-refractivity contribution >= 4 is 45.3 Å². The highest BCUT2D eigenvalue weighted by molar-refractivity contribution is 6.08. The summed E-state index contributed by atoms with van der Waals surface area (Å²) < 4.78 is 0. The molecular formula is C67H44N10. The highest BCUT2D eigenvalue weighted by atomic mass is 14.9. The first-order valence-corrected chi connectivity index (χ1v) is 25.4. The molecule has 7 aromatic heterocycles. The average molecular weight is 989 g/mol. The number of aromatic nitrogens is 10. The Morgan fingerprint density at radius 3 is 0.701 bits per heavy atom. The molecule has 8 heterocycles. The molecule has 10 nitrogen and oxygen atoms in total. The van der Waals surface area contributed by atoms with Gasteiger partial charge in [0.2, 0.25) is 0 Å². The van der Waals surface area contributed by atoms with Crippen molar-refractivity contribution in [2.75, 3.05) is 0 Å². The van der Waals surface area contributed by atoms with Crippen LogP contribution in [0.3, 0.4) is 0 Å². The van der Waals surface area contributed by atoms with Gasteiger partial charge in [0.1, 0.15) is 19.0 Å². The summed E-state index contributed by atoms with van der Waals surface area (Å²) >= 11 is 0. The largest absolute Gasteiger partial charge is 0.354 e. The normalized spacial score (nSPS) is 11.6. The van der Waals surface area contributed by atoms with Gasteiger partial charge in [0.25, 0.3) is 0 Å². The van der Waals surface area contributed by atoms with Crippen LogP contribution in [-0.4, -0.2) is 49.8 Å². The second-order valence-electron chi connectivity index (χ2n) is 18.7. The molecule has 14 rings (SSSR count). The highest BCUT2D eigenvalue weighted by Crippen LogP contribution is 2.47. The molecule has 13 aromatic rings. The van der Waals surface area contributed by atoms with E-state index in [0.717, 1.165) is 140 Å². The van der Waals surface area contributed by atoms with Crippen LogP contribution < -0.4 is 0 Å². The predicted octanol–water partition coefficient (Wildman–Crippen LogP) is 16.1. The first-order chi connectivity index (χ1) is 38.2. The zero-order valence-corrected chi connectivity index (χ0v) is 41.3. The van der Waals surface area contributed by atoms with Gasteiger partial charge in [-0.2, -0.15) is 0 Å². The van der Waals surface area contributed by atoms with E-state index in [9.17, 15) is 0 Å². The molecule has 0 unspecified atom stereocenters. The van der Waals surface area contributed by atoms with E-state index in [1.807, 2.05) is 109 Å². The Bertz CT molecular complexity index is 4300. The Morgan fingerprint density at radius 2 is 0.429 bits per heavy atom. The minimum Gasteiger partial charge on any atom is -0.354 e. The fourth-order valence-corrected chi connectivity index (χ4v) is 10.7. The first-order valence-electron chi connectivity index (χ1n) is 25.4. The summed E-state index contributed by atoms with van der Waals surface area (Å²) in [5, 5.41) is 0. The van der Waals surface area contributed by atoms with Gasteiger partial charge in [-0.1, -0.05) is 182 Å². The van der Waals surface area contributed by atoms with Crippen LogP contribution in [0.5, 0.6) is 0 Å². The zero-order valence-electron chi connectivity index (χ0n) is 41.3. The molecular weight excluding hydrogens is 945 g/mol. The van der Waals surface area contributed by atoms with E-state index in [1.165, 1.54) is 0 Å². The van der Waals surface area contributed by atoms with Crippen LogP contribution in [0.25, 0.3) is 146 Å². The van der Waals surface area contributed by atoms with Gasteiger partial charge in [0.15, 0.2) is 0 Å². The highest BCUT2D eigenvalue weighted by Gasteiger charge is 2.27. The molecule has 362 valence electrons. The van der Waals surface area contributed by atoms with Crippen molar-refractivity contribution in [3.63, 3.8) is 0 Å². The van der Waals surface area contributed by atoms with Gasteiger partial charge in [-0.25, -0.2) is 34.9 Å². The van der Waals surface area contributed by atoms with Gasteiger partial charge in [-0.3, -0.25) is 0 Å². The van der Waals surface area contributed by atoms with E-state index < -0.39 is 0 Å². The Morgan fingerprint density at radius 1 is 0.208 bits per heavy atom. The molecule has 0 amide bonds. The lowest BCUT2D eigenvalue weighted by atomic mass is 9.93. The molecule has 1 aliphatic heterocycles. The van der Waals surface area contributed by atoms with Crippen LogP contribution in [-0.2, 0) is 0 Å². The summed E-state index contributed by atoms with van der Waals surface area (Å²) in [6, 6.07) is 74.6. The van der Waals surface area contributed by atoms with Crippen LogP contribution in [0.15, 0.2) is 237 Å². The topological polar surface area (TPSA) is 138 Å². The van der Waals surface area contributed by atoms with Crippen LogP contribution >= 0.6 is 0 Å². The smallest absolute Gasteiger partial charge is 0.116 e. The lowest BCUT2D eigenvalue weighted by molar-refractivity contribution is 1.17. The third kappa shape index (κ3) is 8.14. The first kappa shape index (κ1) is 44.9. The molecule has 77 heavy (non-hydrogen) atoms. The van der Waals surface area contributed by atoms with Crippen molar-refractivity contribution in [1.82, 2.24) is 49.8 Å². The van der Waals surface area contributed by atoms with Gasteiger partial charge in [0.05, 0.1) is 56.6 Å². The van der Waals surface area contributed by atoms with Crippen molar-refractivity contribution in [3.8, 4) is 101 Å². The number of rotatable bonds is 9. The molecule has 1 aliphatic rings. The number of benzene rings is 6. The Labute approximate surface area is 442 Å². The fourth-order valence-electron chi connectivity index (χ4n) is 10.7. The SMILES string of the molecule is C1=Cc2nc1c(-c1c(-c3ccccc3)ncnc1-c1ccccc1)c1ccc([nH]1)c(-c1c(-c3ccccc3)ncnc1-c1ccccc1)c1ccc([nH]1)c1ccc([nH]1)c2-c1c(-c2ccccc2)ncnc1-c1ccccc1. The lowest BCUT2D eigenvalue weighted by Crippen LogP contribution is -1.99. The van der Waals surface area contributed by atoms with Crippen molar-refractivity contribution in [1.29, 1.82) is 0 Å². The summed E-state index contributed by atoms with van der Waals surface area (Å²) in [5.74, 6) is 0. The van der Waals surface area contributed by atoms with Gasteiger partial charge in [-0.05, 0) is 48.6 Å². The van der Waals surface area contributed by atoms with Gasteiger partial charge in [-0.15, -0.1) is 0 Å². The molecule has 0 saturated heterocycles. The third-order valence-electron chi connectivity index (χ3n) is 14.2. The van der Waals surface area contributed by atoms with Crippen LogP contribution in [0.1, 0.15) is 11.4 Å². The summed E-state index contributed by atoms with van der Waals surface area (Å²) in [5.41, 5.74) is 21.8. The summed E-state index contributed by atoms with van der Waals surface area (Å²) in [7, 11) is 0. The van der Waals surface area contributed by atoms with E-state index >= 15 is 0 Å². The minimum absolute atomic E-state index is 0.706. The molecule has 0 spiro atoms. The molecule has 8 bridgehead atoms. The van der Waals surface area contributed by atoms with Crippen LogP contribution in [0, 0.1) is 0 Å². The van der Waals surface area contributed by atoms with Gasteiger partial charge in [0, 0.05) is 88.8 Å². The van der Waals surface area contributed by atoms with Crippen molar-refractivity contribution in [2.24, 2.45) is 0 Å². The molecule has 3 N–H and O–H groups in total. The standard InChI is InChI=1S/C67H44N10/c1-7-19-42(20-8-1)62-59(63(69-39-68-62)43-21-9-2-10-22-43)56-50-33-31-48(74-50)49-32-34-51(75-49)57(60-64(44-23-11-3-12-24-44)70-40-71-65(60)45-25-13-4-14-26-45)53-36-38-55(77-53)58(54-37-35-52(56)76-54)61-66(46-27-15-5-16-28-46)72-41-73-67(61)47-29-17-6-18-30-47/h1-41,74-76H. The maximum atomic E-state index is 5.78. The van der Waals surface area contributed by atoms with E-state index in [1.54, 1.807) is 19.0 Å². The van der Waals surface area contributed by atoms with Crippen LogP contribution in [0.4, 0.5) is 0 Å². The Kier molecular flexibility index (Phi) is 11.3. The Balaban J connectivity index is 1.19. The monoisotopic (exact) mass is 988 g/mol. The molecule has 0 radical (unpaired) electrons. The van der Waals surface area contributed by atoms with Crippen LogP contribution in [0.2, 0.25) is 0 Å². The summed E-state index contributed by atoms with van der Waals surface area (Å²) in [6.45, 7) is 0. The molecule has 0 saturated carbocycles. The second kappa shape index (κ2) is 19.3. The lowest BCUT2D eigenvalue weighted by Gasteiger charge is -2.16. The van der Waals surface area contributed by atoms with Gasteiger partial charge >= 0.3 is 0 Å². The van der Waals surface area contributed by atoms with Gasteiger partial charge < -0.3 is 15.0 Å². The maximum Gasteiger partial charge on any atom is 0.116 e. The zero-order chi connectivity index (χ0) is 51.1. The number of aromatic amines is 3. The van der Waals surface area contributed by atoms with E-state index in [2.05, 4.69) is 136 Å². The summed E-state index contributed by atoms with van der Waals surface area (Å²) in [4.78, 5) is 48.2. The predicted molar refractivity (Wildman–Crippen MR) is 311 cm³/mol. The number of nitrogens with one attached hydrogen (secondary N) is 3. The van der Waals surface area contributed by atoms with Crippen molar-refractivity contribution < 1.29 is 0 Å². The van der Waals surface area contributed by atoms with Crippen molar-refractivity contribution in [3.05, 3.63) is 249 Å². The quantitative estimate of drug-likeness (QED) is 0.131. The van der Waals surface area contributed by atoms with E-state index in [-0.39, 0.29) is 0 Å². The number of nitrogens with zero attached hydrogens (tertiary/aromatic N) is 7. The maximum absolute atomic E-state index is 5.78. The fraction of sp³-hybridized carbons (Fsp3) is 0. The average Bonchev–Trinajstić information content (AvgIpc) is 4.39.